The van der Waals surface area contributed by atoms with Crippen LogP contribution in [0.4, 0.5) is 10.1 Å². The average molecular weight is 392 g/mol. The highest BCUT2D eigenvalue weighted by Crippen LogP contribution is 2.28. The van der Waals surface area contributed by atoms with E-state index in [1.165, 1.54) is 12.1 Å². The number of rotatable bonds is 5. The fourth-order valence-electron chi connectivity index (χ4n) is 2.90. The van der Waals surface area contributed by atoms with E-state index in [0.29, 0.717) is 19.5 Å². The number of halogens is 2. The zero-order valence-electron chi connectivity index (χ0n) is 14.6. The van der Waals surface area contributed by atoms with Gasteiger partial charge in [-0.05, 0) is 31.7 Å². The summed E-state index contributed by atoms with van der Waals surface area (Å²) in [6.45, 7) is 4.33. The van der Waals surface area contributed by atoms with Gasteiger partial charge in [0.15, 0.2) is 0 Å². The predicted molar refractivity (Wildman–Crippen MR) is 96.9 cm³/mol. The average Bonchev–Trinajstić information content (AvgIpc) is 2.54. The van der Waals surface area contributed by atoms with Gasteiger partial charge in [0, 0.05) is 26.2 Å². The van der Waals surface area contributed by atoms with E-state index in [9.17, 15) is 17.6 Å². The van der Waals surface area contributed by atoms with Crippen LogP contribution in [0.15, 0.2) is 18.2 Å². The Morgan fingerprint density at radius 1 is 1.32 bits per heavy atom. The molecule has 1 heterocycles. The lowest BCUT2D eigenvalue weighted by Crippen LogP contribution is -2.55. The van der Waals surface area contributed by atoms with Crippen LogP contribution in [0.5, 0.6) is 0 Å². The van der Waals surface area contributed by atoms with Crippen molar-refractivity contribution in [1.29, 1.82) is 0 Å². The number of anilines is 1. The number of carbonyl (C=O) groups excluding carboxylic acids is 1. The van der Waals surface area contributed by atoms with Crippen LogP contribution in [0.3, 0.4) is 0 Å². The zero-order valence-corrected chi connectivity index (χ0v) is 16.1. The molecule has 1 aromatic carbocycles. The molecule has 1 amide bonds. The summed E-state index contributed by atoms with van der Waals surface area (Å²) in [5.74, 6) is -0.890. The van der Waals surface area contributed by atoms with Gasteiger partial charge in [-0.2, -0.15) is 0 Å². The van der Waals surface area contributed by atoms with Gasteiger partial charge in [-0.15, -0.1) is 0 Å². The molecule has 140 valence electrons. The molecule has 0 N–H and O–H groups in total. The van der Waals surface area contributed by atoms with Crippen LogP contribution in [0, 0.1) is 5.82 Å². The first-order chi connectivity index (χ1) is 11.6. The zero-order chi connectivity index (χ0) is 18.8. The first kappa shape index (κ1) is 19.9. The standard InChI is InChI=1S/C16H23ClFN3O3S/c1-4-15(16(22)20-9-7-19(2)8-10-20)21(25(3,23)24)12-5-6-14(18)13(17)11-12/h5-6,11,15H,4,7-10H2,1-3H3. The highest BCUT2D eigenvalue weighted by atomic mass is 35.5. The summed E-state index contributed by atoms with van der Waals surface area (Å²) in [6, 6.07) is 2.77. The molecule has 0 radical (unpaired) electrons. The summed E-state index contributed by atoms with van der Waals surface area (Å²) in [4.78, 5) is 16.7. The Morgan fingerprint density at radius 2 is 1.92 bits per heavy atom. The molecular weight excluding hydrogens is 369 g/mol. The summed E-state index contributed by atoms with van der Waals surface area (Å²) in [5, 5.41) is -0.187. The maximum absolute atomic E-state index is 13.4. The number of likely N-dealkylation sites (N-methyl/N-ethyl adjacent to an activating group) is 1. The van der Waals surface area contributed by atoms with Gasteiger partial charge in [0.2, 0.25) is 15.9 Å². The summed E-state index contributed by atoms with van der Waals surface area (Å²) in [7, 11) is -1.78. The molecule has 9 heteroatoms. The Balaban J connectivity index is 2.37. The third-order valence-corrected chi connectivity index (χ3v) is 5.75. The largest absolute Gasteiger partial charge is 0.338 e. The Hall–Kier alpha value is -1.38. The van der Waals surface area contributed by atoms with Crippen molar-refractivity contribution in [1.82, 2.24) is 9.80 Å². The molecule has 1 aliphatic heterocycles. The van der Waals surface area contributed by atoms with Crippen molar-refractivity contribution in [3.05, 3.63) is 29.0 Å². The number of piperazine rings is 1. The number of hydrogen-bond donors (Lipinski definition) is 0. The van der Waals surface area contributed by atoms with Crippen molar-refractivity contribution in [2.24, 2.45) is 0 Å². The molecule has 1 saturated heterocycles. The van der Waals surface area contributed by atoms with Gasteiger partial charge < -0.3 is 9.80 Å². The smallest absolute Gasteiger partial charge is 0.246 e. The minimum Gasteiger partial charge on any atom is -0.338 e. The lowest BCUT2D eigenvalue weighted by atomic mass is 10.1. The first-order valence-corrected chi connectivity index (χ1v) is 10.3. The Bertz CT molecular complexity index is 736. The maximum Gasteiger partial charge on any atom is 0.246 e. The fraction of sp³-hybridized carbons (Fsp3) is 0.562. The lowest BCUT2D eigenvalue weighted by Gasteiger charge is -2.37. The Kier molecular flexibility index (Phi) is 6.29. The lowest BCUT2D eigenvalue weighted by molar-refractivity contribution is -0.134. The molecule has 6 nitrogen and oxygen atoms in total. The van der Waals surface area contributed by atoms with Gasteiger partial charge in [0.05, 0.1) is 17.0 Å². The molecule has 1 aromatic rings. The number of hydrogen-bond acceptors (Lipinski definition) is 4. The molecule has 0 aromatic heterocycles. The van der Waals surface area contributed by atoms with Crippen LogP contribution >= 0.6 is 11.6 Å². The van der Waals surface area contributed by atoms with E-state index in [1.54, 1.807) is 11.8 Å². The fourth-order valence-corrected chi connectivity index (χ4v) is 4.28. The second-order valence-electron chi connectivity index (χ2n) is 6.21. The quantitative estimate of drug-likeness (QED) is 0.767. The van der Waals surface area contributed by atoms with E-state index in [1.807, 2.05) is 7.05 Å². The minimum absolute atomic E-state index is 0.184. The summed E-state index contributed by atoms with van der Waals surface area (Å²) in [6.07, 6.45) is 1.33. The molecule has 1 aliphatic rings. The van der Waals surface area contributed by atoms with Gasteiger partial charge in [-0.25, -0.2) is 12.8 Å². The Labute approximate surface area is 153 Å². The maximum atomic E-state index is 13.4. The molecule has 25 heavy (non-hydrogen) atoms. The molecular formula is C16H23ClFN3O3S. The van der Waals surface area contributed by atoms with E-state index in [-0.39, 0.29) is 16.6 Å². The van der Waals surface area contributed by atoms with Crippen LogP contribution in [-0.2, 0) is 14.8 Å². The molecule has 2 rings (SSSR count). The van der Waals surface area contributed by atoms with E-state index < -0.39 is 21.9 Å². The van der Waals surface area contributed by atoms with Crippen LogP contribution in [0.25, 0.3) is 0 Å². The molecule has 0 bridgehead atoms. The second-order valence-corrected chi connectivity index (χ2v) is 8.48. The van der Waals surface area contributed by atoms with Gasteiger partial charge in [0.1, 0.15) is 11.9 Å². The van der Waals surface area contributed by atoms with E-state index in [4.69, 9.17) is 11.6 Å². The van der Waals surface area contributed by atoms with Crippen molar-refractivity contribution in [2.45, 2.75) is 19.4 Å². The van der Waals surface area contributed by atoms with Crippen molar-refractivity contribution in [3.8, 4) is 0 Å². The molecule has 1 atom stereocenters. The summed E-state index contributed by atoms with van der Waals surface area (Å²) in [5.41, 5.74) is 0.184. The SMILES string of the molecule is CCC(C(=O)N1CCN(C)CC1)N(c1ccc(F)c(Cl)c1)S(C)(=O)=O. The van der Waals surface area contributed by atoms with Crippen LogP contribution in [0.2, 0.25) is 5.02 Å². The van der Waals surface area contributed by atoms with Crippen molar-refractivity contribution >= 4 is 33.2 Å². The summed E-state index contributed by atoms with van der Waals surface area (Å²) >= 11 is 5.80. The predicted octanol–water partition coefficient (Wildman–Crippen LogP) is 1.80. The molecule has 0 aliphatic carbocycles. The van der Waals surface area contributed by atoms with Crippen LogP contribution < -0.4 is 4.31 Å². The Morgan fingerprint density at radius 3 is 2.40 bits per heavy atom. The highest BCUT2D eigenvalue weighted by Gasteiger charge is 2.35. The first-order valence-electron chi connectivity index (χ1n) is 8.07. The third-order valence-electron chi connectivity index (χ3n) is 4.28. The third kappa shape index (κ3) is 4.62. The van der Waals surface area contributed by atoms with Crippen LogP contribution in [-0.4, -0.2) is 69.6 Å². The molecule has 0 saturated carbocycles. The van der Waals surface area contributed by atoms with E-state index in [0.717, 1.165) is 29.7 Å². The summed E-state index contributed by atoms with van der Waals surface area (Å²) < 4.78 is 39.2. The van der Waals surface area contributed by atoms with Crippen molar-refractivity contribution in [3.63, 3.8) is 0 Å². The van der Waals surface area contributed by atoms with E-state index >= 15 is 0 Å². The number of benzene rings is 1. The van der Waals surface area contributed by atoms with Crippen molar-refractivity contribution in [2.75, 3.05) is 43.8 Å². The molecule has 0 spiro atoms. The topological polar surface area (TPSA) is 60.9 Å². The van der Waals surface area contributed by atoms with Crippen molar-refractivity contribution < 1.29 is 17.6 Å². The highest BCUT2D eigenvalue weighted by molar-refractivity contribution is 7.92. The van der Waals surface area contributed by atoms with Gasteiger partial charge in [-0.3, -0.25) is 9.10 Å². The van der Waals surface area contributed by atoms with Crippen LogP contribution in [0.1, 0.15) is 13.3 Å². The number of sulfonamides is 1. The number of nitrogens with zero attached hydrogens (tertiary/aromatic N) is 3. The normalized spacial score (nSPS) is 17.4. The second kappa shape index (κ2) is 7.88. The van der Waals surface area contributed by atoms with Gasteiger partial charge >= 0.3 is 0 Å². The van der Waals surface area contributed by atoms with E-state index in [2.05, 4.69) is 4.90 Å². The molecule has 1 fully saturated rings. The monoisotopic (exact) mass is 391 g/mol. The molecule has 1 unspecified atom stereocenters. The number of carbonyl (C=O) groups is 1. The number of amides is 1. The van der Waals surface area contributed by atoms with Gasteiger partial charge in [-0.1, -0.05) is 18.5 Å². The minimum atomic E-state index is -3.76. The van der Waals surface area contributed by atoms with Gasteiger partial charge in [0.25, 0.3) is 0 Å².